The highest BCUT2D eigenvalue weighted by atomic mass is 19.1. The maximum Gasteiger partial charge on any atom is 0.220 e. The molecule has 1 aliphatic heterocycles. The maximum absolute atomic E-state index is 13.1. The summed E-state index contributed by atoms with van der Waals surface area (Å²) in [5, 5.41) is 6.96. The van der Waals surface area contributed by atoms with Crippen LogP contribution in [0.3, 0.4) is 0 Å². The van der Waals surface area contributed by atoms with E-state index in [1.54, 1.807) is 12.1 Å². The minimum Gasteiger partial charge on any atom is -0.351 e. The molecule has 1 heterocycles. The fourth-order valence-electron chi connectivity index (χ4n) is 4.34. The third-order valence-corrected chi connectivity index (χ3v) is 5.72. The smallest absolute Gasteiger partial charge is 0.220 e. The van der Waals surface area contributed by atoms with Crippen molar-refractivity contribution in [3.8, 4) is 0 Å². The van der Waals surface area contributed by atoms with Crippen molar-refractivity contribution in [2.75, 3.05) is 0 Å². The summed E-state index contributed by atoms with van der Waals surface area (Å²) in [5.41, 5.74) is 1.38. The van der Waals surface area contributed by atoms with Crippen LogP contribution < -0.4 is 10.6 Å². The number of hydrogen-bond acceptors (Lipinski definition) is 2. The second-order valence-corrected chi connectivity index (χ2v) is 8.90. The predicted octanol–water partition coefficient (Wildman–Crippen LogP) is 3.53. The number of rotatable bonds is 3. The predicted molar refractivity (Wildman–Crippen MR) is 94.3 cm³/mol. The summed E-state index contributed by atoms with van der Waals surface area (Å²) in [7, 11) is 0. The standard InChI is InChI=1S/C20H29FN2O/c1-19(2,3)18-16(9-10-17(24)23-18)22-15-11-20(4,12-15)13-5-7-14(21)8-6-13/h5-8,15-16,18,22H,9-12H2,1-4H3,(H,23,24)/t15?,16-,18-,20?/m1/s1. The first-order chi connectivity index (χ1) is 11.2. The van der Waals surface area contributed by atoms with Crippen molar-refractivity contribution in [2.45, 2.75) is 76.9 Å². The number of piperidine rings is 1. The summed E-state index contributed by atoms with van der Waals surface area (Å²) in [5.74, 6) is -0.0138. The van der Waals surface area contributed by atoms with E-state index in [-0.39, 0.29) is 28.6 Å². The summed E-state index contributed by atoms with van der Waals surface area (Å²) in [6.45, 7) is 8.80. The van der Waals surface area contributed by atoms with Gasteiger partial charge in [0, 0.05) is 24.5 Å². The van der Waals surface area contributed by atoms with Gasteiger partial charge < -0.3 is 10.6 Å². The molecule has 2 aliphatic rings. The highest BCUT2D eigenvalue weighted by molar-refractivity contribution is 5.77. The molecule has 0 bridgehead atoms. The second kappa shape index (κ2) is 6.14. The SMILES string of the molecule is CC1(c2ccc(F)cc2)CC(N[C@@H]2CCC(=O)N[C@H]2C(C)(C)C)C1. The Kier molecular flexibility index (Phi) is 4.45. The first kappa shape index (κ1) is 17.4. The van der Waals surface area contributed by atoms with Crippen LogP contribution in [0.25, 0.3) is 0 Å². The summed E-state index contributed by atoms with van der Waals surface area (Å²) >= 11 is 0. The first-order valence-corrected chi connectivity index (χ1v) is 8.99. The molecule has 2 fully saturated rings. The zero-order chi connectivity index (χ0) is 17.5. The Morgan fingerprint density at radius 1 is 1.21 bits per heavy atom. The number of carbonyl (C=O) groups excluding carboxylic acids is 1. The van der Waals surface area contributed by atoms with E-state index >= 15 is 0 Å². The Morgan fingerprint density at radius 2 is 1.83 bits per heavy atom. The minimum atomic E-state index is -0.178. The number of amides is 1. The van der Waals surface area contributed by atoms with Gasteiger partial charge in [-0.25, -0.2) is 4.39 Å². The highest BCUT2D eigenvalue weighted by Crippen LogP contribution is 2.44. The van der Waals surface area contributed by atoms with Gasteiger partial charge in [-0.05, 0) is 47.8 Å². The van der Waals surface area contributed by atoms with Gasteiger partial charge in [0.25, 0.3) is 0 Å². The van der Waals surface area contributed by atoms with E-state index in [1.807, 2.05) is 12.1 Å². The lowest BCUT2D eigenvalue weighted by Crippen LogP contribution is -2.63. The lowest BCUT2D eigenvalue weighted by atomic mass is 9.62. The van der Waals surface area contributed by atoms with Crippen molar-refractivity contribution in [3.63, 3.8) is 0 Å². The van der Waals surface area contributed by atoms with E-state index in [0.717, 1.165) is 19.3 Å². The molecule has 3 rings (SSSR count). The van der Waals surface area contributed by atoms with Crippen LogP contribution in [-0.2, 0) is 10.2 Å². The molecular formula is C20H29FN2O. The van der Waals surface area contributed by atoms with Crippen LogP contribution in [-0.4, -0.2) is 24.0 Å². The van der Waals surface area contributed by atoms with Crippen LogP contribution in [0.5, 0.6) is 0 Å². The van der Waals surface area contributed by atoms with Gasteiger partial charge in [-0.2, -0.15) is 0 Å². The van der Waals surface area contributed by atoms with Crippen LogP contribution >= 0.6 is 0 Å². The zero-order valence-corrected chi connectivity index (χ0v) is 15.2. The molecule has 0 spiro atoms. The molecule has 1 saturated heterocycles. The summed E-state index contributed by atoms with van der Waals surface area (Å²) in [6, 6.07) is 7.86. The van der Waals surface area contributed by atoms with Crippen LogP contribution in [0.4, 0.5) is 4.39 Å². The molecule has 0 unspecified atom stereocenters. The van der Waals surface area contributed by atoms with Crippen molar-refractivity contribution in [1.82, 2.24) is 10.6 Å². The number of halogens is 1. The lowest BCUT2D eigenvalue weighted by molar-refractivity contribution is -0.125. The number of benzene rings is 1. The molecule has 1 aromatic rings. The molecule has 2 atom stereocenters. The van der Waals surface area contributed by atoms with Gasteiger partial charge in [-0.15, -0.1) is 0 Å². The summed E-state index contributed by atoms with van der Waals surface area (Å²) in [6.07, 6.45) is 3.61. The van der Waals surface area contributed by atoms with Gasteiger partial charge in [0.2, 0.25) is 5.91 Å². The Bertz CT molecular complexity index is 599. The van der Waals surface area contributed by atoms with Crippen molar-refractivity contribution in [1.29, 1.82) is 0 Å². The Hall–Kier alpha value is -1.42. The molecule has 1 amide bonds. The molecule has 1 aliphatic carbocycles. The zero-order valence-electron chi connectivity index (χ0n) is 15.2. The van der Waals surface area contributed by atoms with Crippen molar-refractivity contribution < 1.29 is 9.18 Å². The molecule has 0 aromatic heterocycles. The second-order valence-electron chi connectivity index (χ2n) is 8.90. The van der Waals surface area contributed by atoms with Gasteiger partial charge in [0.15, 0.2) is 0 Å². The fourth-order valence-corrected chi connectivity index (χ4v) is 4.34. The molecule has 4 heteroatoms. The molecule has 1 aromatic carbocycles. The molecule has 1 saturated carbocycles. The third-order valence-electron chi connectivity index (χ3n) is 5.72. The summed E-state index contributed by atoms with van der Waals surface area (Å²) < 4.78 is 13.1. The fraction of sp³-hybridized carbons (Fsp3) is 0.650. The van der Waals surface area contributed by atoms with E-state index in [9.17, 15) is 9.18 Å². The van der Waals surface area contributed by atoms with E-state index in [1.165, 1.54) is 5.56 Å². The highest BCUT2D eigenvalue weighted by Gasteiger charge is 2.44. The lowest BCUT2D eigenvalue weighted by Gasteiger charge is -2.50. The van der Waals surface area contributed by atoms with Gasteiger partial charge in [0.05, 0.1) is 0 Å². The van der Waals surface area contributed by atoms with E-state index in [4.69, 9.17) is 0 Å². The van der Waals surface area contributed by atoms with Gasteiger partial charge >= 0.3 is 0 Å². The van der Waals surface area contributed by atoms with Crippen molar-refractivity contribution in [3.05, 3.63) is 35.6 Å². The average molecular weight is 332 g/mol. The van der Waals surface area contributed by atoms with Crippen molar-refractivity contribution in [2.24, 2.45) is 5.41 Å². The van der Waals surface area contributed by atoms with Crippen LogP contribution in [0.2, 0.25) is 0 Å². The summed E-state index contributed by atoms with van der Waals surface area (Å²) in [4.78, 5) is 11.8. The maximum atomic E-state index is 13.1. The minimum absolute atomic E-state index is 0.0394. The number of nitrogens with one attached hydrogen (secondary N) is 2. The molecule has 2 N–H and O–H groups in total. The van der Waals surface area contributed by atoms with E-state index in [2.05, 4.69) is 38.3 Å². The number of carbonyl (C=O) groups is 1. The van der Waals surface area contributed by atoms with Crippen molar-refractivity contribution >= 4 is 5.91 Å². The average Bonchev–Trinajstić information content (AvgIpc) is 2.47. The normalized spacial score (nSPS) is 33.7. The topological polar surface area (TPSA) is 41.1 Å². The van der Waals surface area contributed by atoms with Gasteiger partial charge in [-0.3, -0.25) is 4.79 Å². The largest absolute Gasteiger partial charge is 0.351 e. The monoisotopic (exact) mass is 332 g/mol. The van der Waals surface area contributed by atoms with Crippen LogP contribution in [0.15, 0.2) is 24.3 Å². The van der Waals surface area contributed by atoms with Gasteiger partial charge in [-0.1, -0.05) is 39.8 Å². The molecule has 0 radical (unpaired) electrons. The molecular weight excluding hydrogens is 303 g/mol. The third kappa shape index (κ3) is 3.49. The Balaban J connectivity index is 1.61. The molecule has 132 valence electrons. The Labute approximate surface area is 144 Å². The van der Waals surface area contributed by atoms with Crippen LogP contribution in [0, 0.1) is 11.2 Å². The Morgan fingerprint density at radius 3 is 2.42 bits per heavy atom. The van der Waals surface area contributed by atoms with E-state index < -0.39 is 0 Å². The van der Waals surface area contributed by atoms with Gasteiger partial charge in [0.1, 0.15) is 5.82 Å². The quantitative estimate of drug-likeness (QED) is 0.889. The van der Waals surface area contributed by atoms with E-state index in [0.29, 0.717) is 18.5 Å². The first-order valence-electron chi connectivity index (χ1n) is 8.99. The molecule has 24 heavy (non-hydrogen) atoms. The molecule has 3 nitrogen and oxygen atoms in total. The number of hydrogen-bond donors (Lipinski definition) is 2. The van der Waals surface area contributed by atoms with Crippen LogP contribution in [0.1, 0.15) is 58.9 Å².